The quantitative estimate of drug-likeness (QED) is 0.398. The Morgan fingerprint density at radius 2 is 2.06 bits per heavy atom. The van der Waals surface area contributed by atoms with Gasteiger partial charge < -0.3 is 15.4 Å². The summed E-state index contributed by atoms with van der Waals surface area (Å²) in [7, 11) is 1.54. The van der Waals surface area contributed by atoms with E-state index in [9.17, 15) is 9.18 Å². The van der Waals surface area contributed by atoms with Gasteiger partial charge >= 0.3 is 0 Å². The summed E-state index contributed by atoms with van der Waals surface area (Å²) in [4.78, 5) is 23.5. The first-order valence-corrected chi connectivity index (χ1v) is 11.6. The number of fused-ring (bicyclic) bond motifs is 1. The SMILES string of the molecule is COc1cc2ncnc(Nc3ccc(F)c(Cl)c3)c2cc1NC(=O)/C=C/CN1CC2(CCC2)C1.Cl. The normalized spacial score (nSPS) is 16.4. The van der Waals surface area contributed by atoms with Crippen molar-refractivity contribution in [2.75, 3.05) is 37.4 Å². The Morgan fingerprint density at radius 1 is 1.26 bits per heavy atom. The van der Waals surface area contributed by atoms with Crippen LogP contribution in [0.1, 0.15) is 19.3 Å². The van der Waals surface area contributed by atoms with Crippen molar-refractivity contribution < 1.29 is 13.9 Å². The topological polar surface area (TPSA) is 79.4 Å². The molecule has 1 spiro atoms. The smallest absolute Gasteiger partial charge is 0.248 e. The van der Waals surface area contributed by atoms with Gasteiger partial charge in [-0.2, -0.15) is 0 Å². The average molecular weight is 518 g/mol. The first-order valence-electron chi connectivity index (χ1n) is 11.2. The lowest BCUT2D eigenvalue weighted by Gasteiger charge is -2.56. The number of methoxy groups -OCH3 is 1. The van der Waals surface area contributed by atoms with Crippen LogP contribution < -0.4 is 15.4 Å². The van der Waals surface area contributed by atoms with Crippen LogP contribution in [0.15, 0.2) is 48.8 Å². The minimum Gasteiger partial charge on any atom is -0.494 e. The molecule has 0 atom stereocenters. The van der Waals surface area contributed by atoms with Gasteiger partial charge in [-0.1, -0.05) is 24.1 Å². The van der Waals surface area contributed by atoms with Gasteiger partial charge in [0.25, 0.3) is 0 Å². The average Bonchev–Trinajstić information content (AvgIpc) is 2.76. The largest absolute Gasteiger partial charge is 0.494 e. The molecule has 2 aromatic carbocycles. The van der Waals surface area contributed by atoms with Crippen molar-refractivity contribution in [2.45, 2.75) is 19.3 Å². The molecule has 0 radical (unpaired) electrons. The van der Waals surface area contributed by atoms with E-state index in [0.717, 1.165) is 19.6 Å². The van der Waals surface area contributed by atoms with Gasteiger partial charge in [0.2, 0.25) is 5.91 Å². The second-order valence-corrected chi connectivity index (χ2v) is 9.37. The lowest BCUT2D eigenvalue weighted by molar-refractivity contribution is -0.112. The van der Waals surface area contributed by atoms with Crippen molar-refractivity contribution in [3.63, 3.8) is 0 Å². The van der Waals surface area contributed by atoms with Crippen LogP contribution in [-0.2, 0) is 4.79 Å². The molecule has 0 unspecified atom stereocenters. The highest BCUT2D eigenvalue weighted by molar-refractivity contribution is 6.31. The van der Waals surface area contributed by atoms with Crippen molar-refractivity contribution in [2.24, 2.45) is 5.41 Å². The van der Waals surface area contributed by atoms with E-state index in [-0.39, 0.29) is 23.3 Å². The maximum absolute atomic E-state index is 13.5. The Morgan fingerprint density at radius 3 is 2.74 bits per heavy atom. The predicted molar refractivity (Wildman–Crippen MR) is 139 cm³/mol. The van der Waals surface area contributed by atoms with Crippen LogP contribution in [0.2, 0.25) is 5.02 Å². The monoisotopic (exact) mass is 517 g/mol. The summed E-state index contributed by atoms with van der Waals surface area (Å²) >= 11 is 5.90. The third-order valence-corrected chi connectivity index (χ3v) is 6.85. The number of anilines is 3. The molecule has 1 saturated carbocycles. The summed E-state index contributed by atoms with van der Waals surface area (Å²) < 4.78 is 19.0. The number of rotatable bonds is 7. The maximum atomic E-state index is 13.5. The highest BCUT2D eigenvalue weighted by Gasteiger charge is 2.46. The zero-order valence-corrected chi connectivity index (χ0v) is 20.8. The predicted octanol–water partition coefficient (Wildman–Crippen LogP) is 5.58. The van der Waals surface area contributed by atoms with E-state index < -0.39 is 5.82 Å². The van der Waals surface area contributed by atoms with E-state index in [1.165, 1.54) is 44.8 Å². The summed E-state index contributed by atoms with van der Waals surface area (Å²) in [6.45, 7) is 3.03. The summed E-state index contributed by atoms with van der Waals surface area (Å²) in [5, 5.41) is 6.69. The minimum absolute atomic E-state index is 0. The molecule has 5 rings (SSSR count). The highest BCUT2D eigenvalue weighted by Crippen LogP contribution is 2.47. The fraction of sp³-hybridized carbons (Fsp3) is 0.320. The van der Waals surface area contributed by atoms with Crippen molar-refractivity contribution in [3.05, 3.63) is 59.7 Å². The van der Waals surface area contributed by atoms with Gasteiger partial charge in [0.15, 0.2) is 0 Å². The molecule has 7 nitrogen and oxygen atoms in total. The summed E-state index contributed by atoms with van der Waals surface area (Å²) in [5.41, 5.74) is 2.27. The Balaban J connectivity index is 0.00000289. The fourth-order valence-electron chi connectivity index (χ4n) is 4.67. The summed E-state index contributed by atoms with van der Waals surface area (Å²) in [6.07, 6.45) is 8.88. The number of amides is 1. The molecule has 1 aromatic heterocycles. The third kappa shape index (κ3) is 5.34. The van der Waals surface area contributed by atoms with Crippen LogP contribution in [0.3, 0.4) is 0 Å². The number of ether oxygens (including phenoxy) is 1. The number of hydrogen-bond acceptors (Lipinski definition) is 6. The lowest BCUT2D eigenvalue weighted by atomic mass is 9.63. The Kier molecular flexibility index (Phi) is 7.44. The van der Waals surface area contributed by atoms with Crippen LogP contribution in [-0.4, -0.2) is 47.5 Å². The van der Waals surface area contributed by atoms with Crippen molar-refractivity contribution in [3.8, 4) is 5.75 Å². The van der Waals surface area contributed by atoms with Crippen LogP contribution >= 0.6 is 24.0 Å². The molecule has 35 heavy (non-hydrogen) atoms. The Labute approximate surface area is 214 Å². The van der Waals surface area contributed by atoms with Crippen molar-refractivity contribution in [1.29, 1.82) is 0 Å². The van der Waals surface area contributed by atoms with Gasteiger partial charge in [-0.25, -0.2) is 14.4 Å². The molecule has 3 aromatic rings. The number of likely N-dealkylation sites (tertiary alicyclic amines) is 1. The lowest BCUT2D eigenvalue weighted by Crippen LogP contribution is -2.59. The number of nitrogens with one attached hydrogen (secondary N) is 2. The molecule has 2 aliphatic rings. The molecular formula is C25H26Cl2FN5O2. The molecule has 2 heterocycles. The van der Waals surface area contributed by atoms with E-state index in [4.69, 9.17) is 16.3 Å². The van der Waals surface area contributed by atoms with Gasteiger partial charge in [0.05, 0.1) is 23.3 Å². The van der Waals surface area contributed by atoms with Crippen LogP contribution in [0.4, 0.5) is 21.6 Å². The second kappa shape index (κ2) is 10.4. The number of nitrogens with zero attached hydrogens (tertiary/aromatic N) is 3. The van der Waals surface area contributed by atoms with E-state index in [1.807, 2.05) is 6.08 Å². The number of halogens is 3. The molecule has 0 bridgehead atoms. The number of aromatic nitrogens is 2. The molecule has 10 heteroatoms. The molecule has 1 amide bonds. The van der Waals surface area contributed by atoms with Crippen molar-refractivity contribution in [1.82, 2.24) is 14.9 Å². The molecule has 184 valence electrons. The first-order chi connectivity index (χ1) is 16.4. The minimum atomic E-state index is -0.501. The van der Waals surface area contributed by atoms with E-state index in [0.29, 0.717) is 39.3 Å². The zero-order valence-electron chi connectivity index (χ0n) is 19.2. The van der Waals surface area contributed by atoms with Crippen LogP contribution in [0, 0.1) is 11.2 Å². The Bertz CT molecular complexity index is 1270. The van der Waals surface area contributed by atoms with Gasteiger partial charge in [0.1, 0.15) is 23.7 Å². The Hall–Kier alpha value is -2.94. The third-order valence-electron chi connectivity index (χ3n) is 6.56. The highest BCUT2D eigenvalue weighted by atomic mass is 35.5. The number of hydrogen-bond donors (Lipinski definition) is 2. The molecule has 1 saturated heterocycles. The number of benzene rings is 2. The number of carbonyl (C=O) groups excluding carboxylic acids is 1. The van der Waals surface area contributed by atoms with Crippen LogP contribution in [0.5, 0.6) is 5.75 Å². The summed E-state index contributed by atoms with van der Waals surface area (Å²) in [6, 6.07) is 7.81. The van der Waals surface area contributed by atoms with Gasteiger partial charge in [0, 0.05) is 42.9 Å². The molecular weight excluding hydrogens is 492 g/mol. The van der Waals surface area contributed by atoms with Gasteiger partial charge in [-0.15, -0.1) is 12.4 Å². The fourth-order valence-corrected chi connectivity index (χ4v) is 4.85. The second-order valence-electron chi connectivity index (χ2n) is 8.96. The van der Waals surface area contributed by atoms with E-state index in [2.05, 4.69) is 25.5 Å². The molecule has 2 fully saturated rings. The van der Waals surface area contributed by atoms with Crippen molar-refractivity contribution >= 4 is 58.0 Å². The molecule has 2 N–H and O–H groups in total. The first kappa shape index (κ1) is 25.2. The van der Waals surface area contributed by atoms with Crippen LogP contribution in [0.25, 0.3) is 10.9 Å². The number of carbonyl (C=O) groups is 1. The standard InChI is InChI=1S/C25H25ClFN5O2.ClH/c1-34-22-12-20-17(24(29-15-28-20)30-16-5-6-19(27)18(26)10-16)11-21(22)31-23(33)4-2-9-32-13-25(14-32)7-3-8-25;/h2,4-6,10-12,15H,3,7-9,13-14H2,1H3,(H,31,33)(H,28,29,30);1H/b4-2+;. The van der Waals surface area contributed by atoms with E-state index >= 15 is 0 Å². The van der Waals surface area contributed by atoms with E-state index in [1.54, 1.807) is 24.3 Å². The molecule has 1 aliphatic heterocycles. The van der Waals surface area contributed by atoms with Gasteiger partial charge in [-0.05, 0) is 42.5 Å². The maximum Gasteiger partial charge on any atom is 0.248 e. The zero-order chi connectivity index (χ0) is 23.7. The summed E-state index contributed by atoms with van der Waals surface area (Å²) in [5.74, 6) is 0.231. The molecule has 1 aliphatic carbocycles. The van der Waals surface area contributed by atoms with Gasteiger partial charge in [-0.3, -0.25) is 9.69 Å².